The second-order valence-corrected chi connectivity index (χ2v) is 9.09. The first-order chi connectivity index (χ1) is 13.2. The lowest BCUT2D eigenvalue weighted by Crippen LogP contribution is -2.45. The van der Waals surface area contributed by atoms with Crippen LogP contribution in [0.4, 0.5) is 0 Å². The van der Waals surface area contributed by atoms with Crippen LogP contribution in [0.2, 0.25) is 0 Å². The van der Waals surface area contributed by atoms with E-state index in [1.807, 2.05) is 30.3 Å². The number of sulfone groups is 1. The molecule has 0 aliphatic carbocycles. The van der Waals surface area contributed by atoms with Gasteiger partial charge in [-0.1, -0.05) is 30.3 Å². The van der Waals surface area contributed by atoms with Crippen LogP contribution in [0.15, 0.2) is 53.5 Å². The van der Waals surface area contributed by atoms with E-state index in [0.29, 0.717) is 12.4 Å². The number of esters is 1. The van der Waals surface area contributed by atoms with Crippen molar-refractivity contribution in [3.05, 3.63) is 64.6 Å². The second kappa shape index (κ2) is 9.05. The Labute approximate surface area is 164 Å². The van der Waals surface area contributed by atoms with Crippen LogP contribution in [0.5, 0.6) is 5.75 Å². The van der Waals surface area contributed by atoms with Gasteiger partial charge in [0.1, 0.15) is 12.4 Å². The van der Waals surface area contributed by atoms with Gasteiger partial charge in [0.15, 0.2) is 14.6 Å². The van der Waals surface area contributed by atoms with Gasteiger partial charge in [0.25, 0.3) is 5.56 Å². The number of pyridine rings is 1. The van der Waals surface area contributed by atoms with Gasteiger partial charge in [-0.3, -0.25) is 9.59 Å². The topological polar surface area (TPSA) is 91.7 Å². The molecule has 0 amide bonds. The van der Waals surface area contributed by atoms with Crippen LogP contribution in [-0.2, 0) is 32.5 Å². The van der Waals surface area contributed by atoms with Gasteiger partial charge in [-0.15, -0.1) is 0 Å². The number of carbonyl (C=O) groups is 1. The summed E-state index contributed by atoms with van der Waals surface area (Å²) >= 11 is 0. The summed E-state index contributed by atoms with van der Waals surface area (Å²) in [5, 5.41) is 0. The minimum atomic E-state index is -3.73. The average Bonchev–Trinajstić information content (AvgIpc) is 2.65. The van der Waals surface area contributed by atoms with Gasteiger partial charge < -0.3 is 14.0 Å². The third kappa shape index (κ3) is 5.22. The van der Waals surface area contributed by atoms with E-state index in [1.165, 1.54) is 23.8 Å². The third-order valence-electron chi connectivity index (χ3n) is 4.57. The Balaban J connectivity index is 2.09. The zero-order valence-electron chi connectivity index (χ0n) is 16.3. The Morgan fingerprint density at radius 3 is 2.43 bits per heavy atom. The Morgan fingerprint density at radius 1 is 1.18 bits per heavy atom. The molecule has 0 bridgehead atoms. The van der Waals surface area contributed by atoms with E-state index in [1.54, 1.807) is 13.0 Å². The highest BCUT2D eigenvalue weighted by atomic mass is 32.2. The number of rotatable bonds is 9. The van der Waals surface area contributed by atoms with Crippen molar-refractivity contribution in [2.75, 3.05) is 12.9 Å². The minimum Gasteiger partial charge on any atom is -0.489 e. The molecular formula is C20H25NO6S. The van der Waals surface area contributed by atoms with Crippen LogP contribution < -0.4 is 10.3 Å². The summed E-state index contributed by atoms with van der Waals surface area (Å²) in [6, 6.07) is 12.5. The number of aryl methyl sites for hydroxylation is 1. The number of hydrogen-bond donors (Lipinski definition) is 0. The molecule has 0 aliphatic heterocycles. The summed E-state index contributed by atoms with van der Waals surface area (Å²) < 4.78 is 34.4. The molecule has 0 N–H and O–H groups in total. The molecule has 0 spiro atoms. The van der Waals surface area contributed by atoms with Gasteiger partial charge in [-0.2, -0.15) is 0 Å². The third-order valence-corrected chi connectivity index (χ3v) is 6.58. The summed E-state index contributed by atoms with van der Waals surface area (Å²) in [6.45, 7) is 3.40. The van der Waals surface area contributed by atoms with Crippen LogP contribution >= 0.6 is 0 Å². The van der Waals surface area contributed by atoms with Crippen LogP contribution in [0.1, 0.15) is 25.8 Å². The molecule has 1 unspecified atom stereocenters. The van der Waals surface area contributed by atoms with E-state index in [2.05, 4.69) is 0 Å². The lowest BCUT2D eigenvalue weighted by atomic mass is 10.1. The minimum absolute atomic E-state index is 0.0557. The summed E-state index contributed by atoms with van der Waals surface area (Å²) in [6.07, 6.45) is 2.44. The Kier molecular flexibility index (Phi) is 7.01. The number of aromatic nitrogens is 1. The van der Waals surface area contributed by atoms with Crippen molar-refractivity contribution in [1.82, 2.24) is 4.57 Å². The van der Waals surface area contributed by atoms with Crippen LogP contribution in [0.25, 0.3) is 0 Å². The number of hydrogen-bond acceptors (Lipinski definition) is 6. The van der Waals surface area contributed by atoms with Crippen molar-refractivity contribution in [3.8, 4) is 5.75 Å². The van der Waals surface area contributed by atoms with Gasteiger partial charge in [-0.25, -0.2) is 8.42 Å². The van der Waals surface area contributed by atoms with Gasteiger partial charge in [0, 0.05) is 25.1 Å². The van der Waals surface area contributed by atoms with E-state index in [9.17, 15) is 18.0 Å². The average molecular weight is 407 g/mol. The summed E-state index contributed by atoms with van der Waals surface area (Å²) in [7, 11) is -3.73. The molecule has 0 saturated carbocycles. The molecule has 0 radical (unpaired) electrons. The van der Waals surface area contributed by atoms with E-state index in [-0.39, 0.29) is 25.1 Å². The highest BCUT2D eigenvalue weighted by molar-refractivity contribution is 7.92. The smallest absolute Gasteiger partial charge is 0.327 e. The molecule has 2 aromatic rings. The lowest BCUT2D eigenvalue weighted by molar-refractivity contribution is -0.146. The van der Waals surface area contributed by atoms with Crippen molar-refractivity contribution in [3.63, 3.8) is 0 Å². The van der Waals surface area contributed by atoms with Crippen LogP contribution in [-0.4, -0.2) is 36.6 Å². The van der Waals surface area contributed by atoms with Gasteiger partial charge in [-0.05, 0) is 31.9 Å². The maximum atomic E-state index is 12.3. The van der Waals surface area contributed by atoms with E-state index >= 15 is 0 Å². The lowest BCUT2D eigenvalue weighted by Gasteiger charge is -2.25. The number of carbonyl (C=O) groups excluding carboxylic acids is 1. The molecule has 28 heavy (non-hydrogen) atoms. The first-order valence-corrected chi connectivity index (χ1v) is 10.8. The maximum absolute atomic E-state index is 12.3. The fourth-order valence-corrected chi connectivity index (χ4v) is 3.39. The molecule has 0 fully saturated rings. The Bertz CT molecular complexity index is 968. The van der Waals surface area contributed by atoms with Crippen molar-refractivity contribution in [1.29, 1.82) is 0 Å². The van der Waals surface area contributed by atoms with E-state index < -0.39 is 20.6 Å². The fourth-order valence-electron chi connectivity index (χ4n) is 2.56. The summed E-state index contributed by atoms with van der Waals surface area (Å²) in [5.41, 5.74) is 0.635. The largest absolute Gasteiger partial charge is 0.489 e. The summed E-state index contributed by atoms with van der Waals surface area (Å²) in [4.78, 5) is 24.5. The first-order valence-electron chi connectivity index (χ1n) is 8.91. The first kappa shape index (κ1) is 21.7. The number of ether oxygens (including phenoxy) is 2. The quantitative estimate of drug-likeness (QED) is 0.592. The Morgan fingerprint density at radius 2 is 1.86 bits per heavy atom. The molecule has 152 valence electrons. The van der Waals surface area contributed by atoms with Gasteiger partial charge in [0.2, 0.25) is 0 Å². The molecule has 1 aromatic carbocycles. The van der Waals surface area contributed by atoms with Gasteiger partial charge >= 0.3 is 5.97 Å². The van der Waals surface area contributed by atoms with Crippen molar-refractivity contribution in [2.45, 2.75) is 38.2 Å². The second-order valence-electron chi connectivity index (χ2n) is 6.64. The summed E-state index contributed by atoms with van der Waals surface area (Å²) in [5.74, 6) is -0.394. The van der Waals surface area contributed by atoms with E-state index in [0.717, 1.165) is 11.8 Å². The molecule has 2 rings (SSSR count). The monoisotopic (exact) mass is 407 g/mol. The van der Waals surface area contributed by atoms with Crippen LogP contribution in [0.3, 0.4) is 0 Å². The Hall–Kier alpha value is -2.61. The molecule has 1 aromatic heterocycles. The highest BCUT2D eigenvalue weighted by Crippen LogP contribution is 2.23. The molecule has 1 heterocycles. The molecule has 1 atom stereocenters. The van der Waals surface area contributed by atoms with Crippen LogP contribution in [0, 0.1) is 0 Å². The number of nitrogens with zero attached hydrogens (tertiary/aromatic N) is 1. The zero-order valence-corrected chi connectivity index (χ0v) is 17.1. The normalized spacial score (nSPS) is 13.5. The van der Waals surface area contributed by atoms with Gasteiger partial charge in [0.05, 0.1) is 6.61 Å². The van der Waals surface area contributed by atoms with Crippen molar-refractivity contribution >= 4 is 15.8 Å². The fraction of sp³-hybridized carbons (Fsp3) is 0.400. The van der Waals surface area contributed by atoms with E-state index in [4.69, 9.17) is 9.47 Å². The molecule has 0 aliphatic rings. The maximum Gasteiger partial charge on any atom is 0.327 e. The molecular weight excluding hydrogens is 382 g/mol. The standard InChI is InChI=1S/C20H25NO6S/c1-4-26-19(23)20(2,28(3,24)25)11-13-21-12-10-17(14-18(21)22)27-15-16-8-6-5-7-9-16/h5-10,12,14H,4,11,13,15H2,1-3H3. The zero-order chi connectivity index (χ0) is 20.8. The number of benzene rings is 1. The highest BCUT2D eigenvalue weighted by Gasteiger charge is 2.44. The molecule has 7 nitrogen and oxygen atoms in total. The predicted molar refractivity (Wildman–Crippen MR) is 106 cm³/mol. The SMILES string of the molecule is CCOC(=O)C(C)(CCn1ccc(OCc2ccccc2)cc1=O)S(C)(=O)=O. The van der Waals surface area contributed by atoms with Crippen molar-refractivity contribution < 1.29 is 22.7 Å². The predicted octanol–water partition coefficient (Wildman–Crippen LogP) is 2.18. The van der Waals surface area contributed by atoms with Crippen molar-refractivity contribution in [2.24, 2.45) is 0 Å². The molecule has 8 heteroatoms. The molecule has 0 saturated heterocycles.